The lowest BCUT2D eigenvalue weighted by molar-refractivity contribution is -0.870. The van der Waals surface area contributed by atoms with Crippen LogP contribution in [-0.4, -0.2) is 41.7 Å². The van der Waals surface area contributed by atoms with E-state index in [-0.39, 0.29) is 34.0 Å². The second-order valence-electron chi connectivity index (χ2n) is 6.43. The minimum absolute atomic E-state index is 0. The van der Waals surface area contributed by atoms with Crippen LogP contribution in [0.5, 0.6) is 0 Å². The molecule has 0 atom stereocenters. The van der Waals surface area contributed by atoms with E-state index in [1.807, 2.05) is 0 Å². The smallest absolute Gasteiger partial charge is 0.0881 e. The van der Waals surface area contributed by atoms with E-state index in [0.717, 1.165) is 22.2 Å². The van der Waals surface area contributed by atoms with Gasteiger partial charge in [0.05, 0.1) is 44.6 Å². The molecule has 0 saturated heterocycles. The molecule has 0 N–H and O–H groups in total. The summed E-state index contributed by atoms with van der Waals surface area (Å²) in [4.78, 5) is 4.71. The number of quaternary nitrogens is 1. The summed E-state index contributed by atoms with van der Waals surface area (Å²) >= 11 is 0. The molecule has 0 radical (unpaired) electrons. The number of nitrogens with zero attached hydrogens (tertiary/aromatic N) is 3. The Morgan fingerprint density at radius 1 is 1.05 bits per heavy atom. The maximum Gasteiger partial charge on any atom is 0.0881 e. The summed E-state index contributed by atoms with van der Waals surface area (Å²) in [6.45, 7) is 2.22. The summed E-state index contributed by atoms with van der Waals surface area (Å²) in [5.74, 6) is 0. The number of pyridine rings is 1. The van der Waals surface area contributed by atoms with Gasteiger partial charge in [-0.25, -0.2) is 4.98 Å². The zero-order valence-corrected chi connectivity index (χ0v) is 16.6. The third-order valence-electron chi connectivity index (χ3n) is 3.68. The van der Waals surface area contributed by atoms with Crippen LogP contribution in [0.3, 0.4) is 0 Å². The number of aromatic nitrogens is 2. The van der Waals surface area contributed by atoms with Crippen LogP contribution < -0.4 is 17.0 Å². The van der Waals surface area contributed by atoms with Crippen LogP contribution in [-0.2, 0) is 6.54 Å². The van der Waals surface area contributed by atoms with Gasteiger partial charge in [0.2, 0.25) is 0 Å². The van der Waals surface area contributed by atoms with Gasteiger partial charge >= 0.3 is 0 Å². The fourth-order valence-corrected chi connectivity index (χ4v) is 2.72. The van der Waals surface area contributed by atoms with Crippen molar-refractivity contribution in [2.24, 2.45) is 0 Å². The molecule has 0 amide bonds. The van der Waals surface area contributed by atoms with Crippen LogP contribution in [0, 0.1) is 0 Å². The molecular weight excluding hydrogens is 406 g/mol. The number of halogens is 2. The third-order valence-corrected chi connectivity index (χ3v) is 3.68. The maximum atomic E-state index is 4.71. The Kier molecular flexibility index (Phi) is 6.59. The predicted molar refractivity (Wildman–Crippen MR) is 94.2 cm³/mol. The molecule has 2 heterocycles. The van der Waals surface area contributed by atoms with E-state index in [4.69, 9.17) is 4.98 Å². The maximum absolute atomic E-state index is 4.71. The average molecular weight is 429 g/mol. The van der Waals surface area contributed by atoms with Crippen LogP contribution in [0.15, 0.2) is 42.6 Å². The summed E-state index contributed by atoms with van der Waals surface area (Å²) in [5, 5.41) is 1.26. The number of aryl methyl sites for hydroxylation is 1. The van der Waals surface area contributed by atoms with E-state index in [9.17, 15) is 0 Å². The Morgan fingerprint density at radius 2 is 1.77 bits per heavy atom. The Balaban J connectivity index is 0.00000121. The quantitative estimate of drug-likeness (QED) is 0.562. The Hall–Kier alpha value is -0.910. The molecule has 0 aliphatic carbocycles. The van der Waals surface area contributed by atoms with E-state index in [2.05, 4.69) is 68.3 Å². The van der Waals surface area contributed by atoms with Gasteiger partial charge < -0.3 is 26.0 Å². The van der Waals surface area contributed by atoms with Gasteiger partial charge in [0, 0.05) is 24.5 Å². The van der Waals surface area contributed by atoms with Gasteiger partial charge in [0.25, 0.3) is 0 Å². The standard InChI is InChI=1S/C17H22N3.2BrH/c1-20(2,3)13-7-12-19-11-6-10-16-17(19)14-8-4-5-9-15(14)18-16;;/h4-6,8-11H,7,12-13H2,1-3H3;2*1H/q+1;;/p-1. The summed E-state index contributed by atoms with van der Waals surface area (Å²) in [5.41, 5.74) is 3.46. The largest absolute Gasteiger partial charge is 1.00 e. The third kappa shape index (κ3) is 4.09. The molecule has 0 spiro atoms. The van der Waals surface area contributed by atoms with Crippen LogP contribution in [0.1, 0.15) is 6.42 Å². The minimum atomic E-state index is 0. The highest BCUT2D eigenvalue weighted by Gasteiger charge is 2.15. The molecule has 3 nitrogen and oxygen atoms in total. The van der Waals surface area contributed by atoms with Gasteiger partial charge in [-0.15, -0.1) is 17.0 Å². The molecule has 0 saturated carbocycles. The average Bonchev–Trinajstić information content (AvgIpc) is 2.76. The first-order valence-corrected chi connectivity index (χ1v) is 7.19. The molecule has 22 heavy (non-hydrogen) atoms. The lowest BCUT2D eigenvalue weighted by atomic mass is 10.1. The number of hydrogen-bond donors (Lipinski definition) is 0. The van der Waals surface area contributed by atoms with Crippen molar-refractivity contribution in [3.05, 3.63) is 42.6 Å². The van der Waals surface area contributed by atoms with Gasteiger partial charge in [-0.2, -0.15) is 0 Å². The number of para-hydroxylation sites is 1. The highest BCUT2D eigenvalue weighted by atomic mass is 79.9. The lowest BCUT2D eigenvalue weighted by Crippen LogP contribution is -3.00. The molecule has 1 aromatic carbocycles. The van der Waals surface area contributed by atoms with E-state index in [0.29, 0.717) is 0 Å². The Morgan fingerprint density at radius 3 is 2.50 bits per heavy atom. The molecule has 0 unspecified atom stereocenters. The molecule has 0 aromatic heterocycles. The number of rotatable bonds is 4. The SMILES string of the molecule is Br.C[N+](C)(C)CCCn1cccc2nc3ccccc3c1-2.[Br-]. The van der Waals surface area contributed by atoms with Gasteiger partial charge in [-0.1, -0.05) is 18.2 Å². The molecule has 0 bridgehead atoms. The second kappa shape index (κ2) is 7.57. The lowest BCUT2D eigenvalue weighted by Gasteiger charge is -2.24. The summed E-state index contributed by atoms with van der Waals surface area (Å²) in [6, 6.07) is 12.6. The molecule has 3 rings (SSSR count). The minimum Gasteiger partial charge on any atom is -1.00 e. The number of hydrogen-bond acceptors (Lipinski definition) is 1. The van der Waals surface area contributed by atoms with Crippen molar-refractivity contribution in [2.45, 2.75) is 13.0 Å². The number of fused-ring (bicyclic) bond motifs is 3. The summed E-state index contributed by atoms with van der Waals surface area (Å²) in [6.07, 6.45) is 3.35. The summed E-state index contributed by atoms with van der Waals surface area (Å²) < 4.78 is 3.36. The molecule has 5 heteroatoms. The summed E-state index contributed by atoms with van der Waals surface area (Å²) in [7, 11) is 6.72. The van der Waals surface area contributed by atoms with Crippen molar-refractivity contribution in [3.63, 3.8) is 0 Å². The van der Waals surface area contributed by atoms with E-state index < -0.39 is 0 Å². The monoisotopic (exact) mass is 427 g/mol. The zero-order valence-electron chi connectivity index (χ0n) is 13.3. The molecule has 120 valence electrons. The first kappa shape index (κ1) is 19.1. The van der Waals surface area contributed by atoms with Gasteiger partial charge in [0.15, 0.2) is 0 Å². The fourth-order valence-electron chi connectivity index (χ4n) is 2.72. The topological polar surface area (TPSA) is 17.8 Å². The Bertz CT molecular complexity index is 701. The van der Waals surface area contributed by atoms with Crippen molar-refractivity contribution in [1.82, 2.24) is 9.55 Å². The van der Waals surface area contributed by atoms with Crippen LogP contribution in [0.25, 0.3) is 22.3 Å². The van der Waals surface area contributed by atoms with Gasteiger partial charge in [-0.3, -0.25) is 0 Å². The van der Waals surface area contributed by atoms with E-state index in [1.54, 1.807) is 0 Å². The zero-order chi connectivity index (χ0) is 14.2. The first-order valence-electron chi connectivity index (χ1n) is 7.19. The molecule has 0 fully saturated rings. The highest BCUT2D eigenvalue weighted by Crippen LogP contribution is 2.30. The van der Waals surface area contributed by atoms with Crippen LogP contribution in [0.2, 0.25) is 0 Å². The molecule has 1 aromatic rings. The highest BCUT2D eigenvalue weighted by molar-refractivity contribution is 8.93. The van der Waals surface area contributed by atoms with Crippen molar-refractivity contribution >= 4 is 27.9 Å². The fraction of sp³-hybridized carbons (Fsp3) is 0.353. The van der Waals surface area contributed by atoms with Crippen molar-refractivity contribution in [2.75, 3.05) is 27.7 Å². The van der Waals surface area contributed by atoms with Crippen molar-refractivity contribution in [1.29, 1.82) is 0 Å². The second-order valence-corrected chi connectivity index (χ2v) is 6.43. The van der Waals surface area contributed by atoms with Crippen LogP contribution >= 0.6 is 17.0 Å². The normalized spacial score (nSPS) is 11.2. The van der Waals surface area contributed by atoms with E-state index >= 15 is 0 Å². The van der Waals surface area contributed by atoms with E-state index in [1.165, 1.54) is 24.0 Å². The van der Waals surface area contributed by atoms with Gasteiger partial charge in [0.1, 0.15) is 0 Å². The van der Waals surface area contributed by atoms with Crippen LogP contribution in [0.4, 0.5) is 0 Å². The first-order chi connectivity index (χ1) is 9.54. The molecule has 2 aliphatic heterocycles. The molecule has 2 aliphatic rings. The van der Waals surface area contributed by atoms with Crippen molar-refractivity contribution < 1.29 is 21.5 Å². The Labute approximate surface area is 153 Å². The molecular formula is C17H23Br2N3. The number of benzene rings is 1. The van der Waals surface area contributed by atoms with Gasteiger partial charge in [-0.05, 0) is 18.2 Å². The van der Waals surface area contributed by atoms with Crippen molar-refractivity contribution in [3.8, 4) is 11.4 Å². The predicted octanol–water partition coefficient (Wildman–Crippen LogP) is 0.819.